The summed E-state index contributed by atoms with van der Waals surface area (Å²) in [5.41, 5.74) is 1.56. The highest BCUT2D eigenvalue weighted by molar-refractivity contribution is 7.90. The highest BCUT2D eigenvalue weighted by Crippen LogP contribution is 2.35. The zero-order chi connectivity index (χ0) is 26.1. The molecule has 8 nitrogen and oxygen atoms in total. The number of anilines is 1. The minimum atomic E-state index is -4.36. The minimum Gasteiger partial charge on any atom is -0.384 e. The van der Waals surface area contributed by atoms with Gasteiger partial charge in [-0.2, -0.15) is 13.5 Å². The van der Waals surface area contributed by atoms with Crippen LogP contribution in [0.5, 0.6) is 0 Å². The van der Waals surface area contributed by atoms with Crippen LogP contribution in [0.1, 0.15) is 70.2 Å². The molecule has 0 aliphatic heterocycles. The van der Waals surface area contributed by atoms with Gasteiger partial charge in [0.1, 0.15) is 5.60 Å². The molecule has 0 spiro atoms. The number of nitrogens with zero attached hydrogens (tertiary/aromatic N) is 2. The highest BCUT2D eigenvalue weighted by Gasteiger charge is 2.30. The van der Waals surface area contributed by atoms with Crippen LogP contribution in [0.3, 0.4) is 0 Å². The van der Waals surface area contributed by atoms with Gasteiger partial charge in [0.05, 0.1) is 11.4 Å². The van der Waals surface area contributed by atoms with E-state index in [9.17, 15) is 18.3 Å². The molecule has 0 unspecified atom stereocenters. The van der Waals surface area contributed by atoms with E-state index < -0.39 is 26.7 Å². The number of aromatic nitrogens is 2. The summed E-state index contributed by atoms with van der Waals surface area (Å²) in [4.78, 5) is 12.9. The average Bonchev–Trinajstić information content (AvgIpc) is 3.22. The van der Waals surface area contributed by atoms with Crippen molar-refractivity contribution in [2.75, 3.05) is 5.32 Å². The summed E-state index contributed by atoms with van der Waals surface area (Å²) >= 11 is 6.28. The molecule has 0 saturated carbocycles. The minimum absolute atomic E-state index is 0.0361. The molecular formula is C25H31ClN4O4S. The first kappa shape index (κ1) is 26.7. The van der Waals surface area contributed by atoms with Crippen LogP contribution in [0.4, 0.5) is 10.5 Å². The maximum absolute atomic E-state index is 13.1. The normalized spacial score (nSPS) is 12.3. The van der Waals surface area contributed by atoms with Gasteiger partial charge in [0.25, 0.3) is 10.0 Å². The maximum Gasteiger partial charge on any atom is 0.333 e. The maximum atomic E-state index is 13.1. The lowest BCUT2D eigenvalue weighted by atomic mass is 9.92. The van der Waals surface area contributed by atoms with Crippen LogP contribution in [0.25, 0.3) is 5.69 Å². The van der Waals surface area contributed by atoms with E-state index in [2.05, 4.69) is 10.4 Å². The van der Waals surface area contributed by atoms with E-state index in [0.717, 1.165) is 11.1 Å². The Hall–Kier alpha value is -2.88. The number of para-hydroxylation sites is 1. The van der Waals surface area contributed by atoms with Crippen molar-refractivity contribution in [3.8, 4) is 5.69 Å². The van der Waals surface area contributed by atoms with E-state index in [1.54, 1.807) is 36.4 Å². The van der Waals surface area contributed by atoms with Gasteiger partial charge in [-0.1, -0.05) is 57.5 Å². The van der Waals surface area contributed by atoms with Crippen molar-refractivity contribution in [1.82, 2.24) is 14.5 Å². The van der Waals surface area contributed by atoms with Gasteiger partial charge in [0.2, 0.25) is 0 Å². The van der Waals surface area contributed by atoms with E-state index in [4.69, 9.17) is 11.6 Å². The Balaban J connectivity index is 1.97. The molecule has 1 heterocycles. The van der Waals surface area contributed by atoms with E-state index in [1.807, 2.05) is 38.5 Å². The van der Waals surface area contributed by atoms with Crippen molar-refractivity contribution in [2.45, 2.75) is 64.0 Å². The van der Waals surface area contributed by atoms with Gasteiger partial charge in [-0.15, -0.1) is 0 Å². The molecule has 1 aromatic heterocycles. The lowest BCUT2D eigenvalue weighted by Crippen LogP contribution is -2.35. The largest absolute Gasteiger partial charge is 0.384 e. The fourth-order valence-corrected chi connectivity index (χ4v) is 4.80. The number of benzene rings is 2. The summed E-state index contributed by atoms with van der Waals surface area (Å²) in [6.07, 6.45) is 0. The zero-order valence-electron chi connectivity index (χ0n) is 20.6. The topological polar surface area (TPSA) is 113 Å². The Morgan fingerprint density at radius 2 is 1.57 bits per heavy atom. The second kappa shape index (κ2) is 10.0. The smallest absolute Gasteiger partial charge is 0.333 e. The third-order valence-electron chi connectivity index (χ3n) is 5.46. The van der Waals surface area contributed by atoms with Crippen LogP contribution in [0, 0.1) is 0 Å². The molecule has 0 atom stereocenters. The molecular weight excluding hydrogens is 488 g/mol. The first-order valence-corrected chi connectivity index (χ1v) is 13.1. The fraction of sp³-hybridized carbons (Fsp3) is 0.360. The van der Waals surface area contributed by atoms with Crippen LogP contribution >= 0.6 is 11.6 Å². The van der Waals surface area contributed by atoms with Crippen LogP contribution < -0.4 is 10.0 Å². The fourth-order valence-electron chi connectivity index (χ4n) is 3.71. The predicted molar refractivity (Wildman–Crippen MR) is 138 cm³/mol. The van der Waals surface area contributed by atoms with Crippen LogP contribution in [0.15, 0.2) is 53.6 Å². The number of rotatable bonds is 7. The van der Waals surface area contributed by atoms with Crippen molar-refractivity contribution in [3.05, 3.63) is 70.4 Å². The molecule has 2 aromatic carbocycles. The molecule has 3 rings (SSSR count). The van der Waals surface area contributed by atoms with Crippen LogP contribution in [0.2, 0.25) is 5.02 Å². The number of hydrogen-bond acceptors (Lipinski definition) is 5. The highest BCUT2D eigenvalue weighted by atomic mass is 35.5. The van der Waals surface area contributed by atoms with Crippen molar-refractivity contribution < 1.29 is 18.3 Å². The Bertz CT molecular complexity index is 1300. The molecule has 35 heavy (non-hydrogen) atoms. The van der Waals surface area contributed by atoms with Gasteiger partial charge in [0.15, 0.2) is 5.03 Å². The molecule has 2 amide bonds. The molecule has 0 radical (unpaired) electrons. The number of carbonyl (C=O) groups excluding carboxylic acids is 1. The van der Waals surface area contributed by atoms with Gasteiger partial charge in [-0.3, -0.25) is 0 Å². The third-order valence-corrected chi connectivity index (χ3v) is 6.89. The number of nitrogens with one attached hydrogen (secondary N) is 2. The summed E-state index contributed by atoms with van der Waals surface area (Å²) in [7, 11) is -4.36. The zero-order valence-corrected chi connectivity index (χ0v) is 22.2. The number of hydrogen-bond donors (Lipinski definition) is 3. The number of carbonyl (C=O) groups is 1. The molecule has 10 heteroatoms. The van der Waals surface area contributed by atoms with Gasteiger partial charge in [-0.05, 0) is 61.1 Å². The molecule has 0 fully saturated rings. The van der Waals surface area contributed by atoms with Gasteiger partial charge < -0.3 is 10.4 Å². The van der Waals surface area contributed by atoms with Crippen molar-refractivity contribution in [3.63, 3.8) is 0 Å². The van der Waals surface area contributed by atoms with E-state index in [0.29, 0.717) is 16.4 Å². The monoisotopic (exact) mass is 518 g/mol. The van der Waals surface area contributed by atoms with E-state index >= 15 is 0 Å². The number of urea groups is 1. The number of halogens is 1. The number of amides is 2. The molecule has 0 aliphatic rings. The molecule has 3 aromatic rings. The second-order valence-corrected chi connectivity index (χ2v) is 11.6. The molecule has 0 saturated heterocycles. The average molecular weight is 519 g/mol. The Morgan fingerprint density at radius 1 is 1.03 bits per heavy atom. The van der Waals surface area contributed by atoms with E-state index in [1.165, 1.54) is 24.6 Å². The van der Waals surface area contributed by atoms with E-state index in [-0.39, 0.29) is 17.5 Å². The molecule has 0 bridgehead atoms. The van der Waals surface area contributed by atoms with Crippen molar-refractivity contribution in [2.24, 2.45) is 0 Å². The van der Waals surface area contributed by atoms with Crippen LogP contribution in [-0.2, 0) is 15.6 Å². The second-order valence-electron chi connectivity index (χ2n) is 9.50. The summed E-state index contributed by atoms with van der Waals surface area (Å²) in [5.74, 6) is 0.0723. The van der Waals surface area contributed by atoms with Crippen LogP contribution in [-0.4, -0.2) is 29.3 Å². The summed E-state index contributed by atoms with van der Waals surface area (Å²) < 4.78 is 29.6. The SMILES string of the molecule is CC(C)c1cc(Cl)cc(C(C)C)c1NC(=O)NS(=O)(=O)c1cc(C(C)(C)O)n(-c2ccccc2)n1. The molecule has 188 valence electrons. The summed E-state index contributed by atoms with van der Waals surface area (Å²) in [5, 5.41) is 17.7. The van der Waals surface area contributed by atoms with Gasteiger partial charge in [0, 0.05) is 16.8 Å². The first-order valence-electron chi connectivity index (χ1n) is 11.3. The van der Waals surface area contributed by atoms with Gasteiger partial charge in [-0.25, -0.2) is 14.2 Å². The molecule has 0 aliphatic carbocycles. The quantitative estimate of drug-likeness (QED) is 0.381. The lowest BCUT2D eigenvalue weighted by molar-refractivity contribution is 0.0711. The van der Waals surface area contributed by atoms with Gasteiger partial charge >= 0.3 is 6.03 Å². The Kier molecular flexibility index (Phi) is 7.64. The lowest BCUT2D eigenvalue weighted by Gasteiger charge is -2.21. The van der Waals surface area contributed by atoms with Crippen molar-refractivity contribution >= 4 is 33.3 Å². The Labute approximate surface area is 211 Å². The predicted octanol–water partition coefficient (Wildman–Crippen LogP) is 5.51. The standard InChI is InChI=1S/C25H31ClN4O4S/c1-15(2)19-12-17(26)13-20(16(3)4)23(19)27-24(31)29-35(33,34)22-14-21(25(5,6)32)30(28-22)18-10-8-7-9-11-18/h7-16,32H,1-6H3,(H2,27,29,31). The number of aliphatic hydroxyl groups is 1. The molecule has 3 N–H and O–H groups in total. The number of sulfonamides is 1. The third kappa shape index (κ3) is 6.04. The summed E-state index contributed by atoms with van der Waals surface area (Å²) in [6.45, 7) is 10.9. The summed E-state index contributed by atoms with van der Waals surface area (Å²) in [6, 6.07) is 12.7. The Morgan fingerprint density at radius 3 is 2.06 bits per heavy atom. The first-order chi connectivity index (χ1) is 16.2. The van der Waals surface area contributed by atoms with Crippen molar-refractivity contribution in [1.29, 1.82) is 0 Å².